The maximum Gasteiger partial charge on any atom is 0.0267 e. The average Bonchev–Trinajstić information content (AvgIpc) is 2.12. The Morgan fingerprint density at radius 3 is 3.00 bits per heavy atom. The second-order valence-electron chi connectivity index (χ2n) is 2.78. The molecule has 10 heavy (non-hydrogen) atoms. The molecule has 0 unspecified atom stereocenters. The predicted molar refractivity (Wildman–Crippen MR) is 45.2 cm³/mol. The van der Waals surface area contributed by atoms with Crippen LogP contribution < -0.4 is 0 Å². The maximum absolute atomic E-state index is 4.02. The van der Waals surface area contributed by atoms with Crippen LogP contribution in [-0.2, 0) is 0 Å². The van der Waals surface area contributed by atoms with Crippen molar-refractivity contribution in [1.29, 1.82) is 0 Å². The highest BCUT2D eigenvalue weighted by atomic mass is 14.7. The highest BCUT2D eigenvalue weighted by Crippen LogP contribution is 2.14. The molecule has 0 radical (unpaired) electrons. The molecule has 1 heterocycles. The van der Waals surface area contributed by atoms with Crippen molar-refractivity contribution in [3.05, 3.63) is 23.9 Å². The second kappa shape index (κ2) is 3.35. The lowest BCUT2D eigenvalue weighted by atomic mass is 10.0. The van der Waals surface area contributed by atoms with Gasteiger partial charge in [-0.25, -0.2) is 0 Å². The first kappa shape index (κ1) is 7.26. The van der Waals surface area contributed by atoms with E-state index in [0.717, 1.165) is 6.42 Å². The van der Waals surface area contributed by atoms with Gasteiger partial charge in [-0.1, -0.05) is 25.5 Å². The topological polar surface area (TPSA) is 12.4 Å². The molecule has 0 N–H and O–H groups in total. The maximum atomic E-state index is 4.02. The molecule has 0 amide bonds. The molecule has 0 aliphatic carbocycles. The SMILES string of the molecule is CC(C)C1=CC=NC=CC1. The zero-order chi connectivity index (χ0) is 7.40. The van der Waals surface area contributed by atoms with Gasteiger partial charge < -0.3 is 0 Å². The van der Waals surface area contributed by atoms with E-state index in [4.69, 9.17) is 0 Å². The van der Waals surface area contributed by atoms with Gasteiger partial charge in [-0.2, -0.15) is 0 Å². The van der Waals surface area contributed by atoms with E-state index in [9.17, 15) is 0 Å². The van der Waals surface area contributed by atoms with Gasteiger partial charge in [0.1, 0.15) is 0 Å². The molecule has 0 aromatic heterocycles. The lowest BCUT2D eigenvalue weighted by molar-refractivity contribution is 0.749. The van der Waals surface area contributed by atoms with Crippen molar-refractivity contribution >= 4 is 6.21 Å². The van der Waals surface area contributed by atoms with E-state index in [1.165, 1.54) is 5.57 Å². The first-order chi connectivity index (χ1) is 4.80. The van der Waals surface area contributed by atoms with Crippen LogP contribution in [-0.4, -0.2) is 6.21 Å². The zero-order valence-electron chi connectivity index (χ0n) is 6.54. The summed E-state index contributed by atoms with van der Waals surface area (Å²) >= 11 is 0. The Labute approximate surface area is 62.2 Å². The van der Waals surface area contributed by atoms with Crippen LogP contribution in [0.3, 0.4) is 0 Å². The Hall–Kier alpha value is -0.850. The number of aliphatic imine (C=N–C) groups is 1. The molecule has 1 nitrogen and oxygen atoms in total. The molecule has 0 saturated carbocycles. The molecular weight excluding hydrogens is 122 g/mol. The molecule has 0 atom stereocenters. The Kier molecular flexibility index (Phi) is 2.43. The number of hydrogen-bond acceptors (Lipinski definition) is 1. The van der Waals surface area contributed by atoms with Crippen LogP contribution in [0.1, 0.15) is 20.3 Å². The number of allylic oxidation sites excluding steroid dienone is 3. The lowest BCUT2D eigenvalue weighted by Gasteiger charge is -2.05. The first-order valence-corrected chi connectivity index (χ1v) is 3.68. The summed E-state index contributed by atoms with van der Waals surface area (Å²) in [6, 6.07) is 0. The van der Waals surface area contributed by atoms with Gasteiger partial charge in [0.2, 0.25) is 0 Å². The number of hydrogen-bond donors (Lipinski definition) is 0. The van der Waals surface area contributed by atoms with Gasteiger partial charge in [0.25, 0.3) is 0 Å². The van der Waals surface area contributed by atoms with Gasteiger partial charge in [-0.15, -0.1) is 0 Å². The molecule has 1 rings (SSSR count). The van der Waals surface area contributed by atoms with Gasteiger partial charge in [0.05, 0.1) is 0 Å². The monoisotopic (exact) mass is 135 g/mol. The van der Waals surface area contributed by atoms with Crippen molar-refractivity contribution in [2.24, 2.45) is 10.9 Å². The summed E-state index contributed by atoms with van der Waals surface area (Å²) in [5, 5.41) is 0. The predicted octanol–water partition coefficient (Wildman–Crippen LogP) is 2.56. The summed E-state index contributed by atoms with van der Waals surface area (Å²) in [4.78, 5) is 4.02. The minimum Gasteiger partial charge on any atom is -0.265 e. The molecule has 0 saturated heterocycles. The fourth-order valence-corrected chi connectivity index (χ4v) is 0.934. The van der Waals surface area contributed by atoms with Crippen LogP contribution in [0, 0.1) is 5.92 Å². The minimum atomic E-state index is 0.647. The van der Waals surface area contributed by atoms with Crippen molar-refractivity contribution in [1.82, 2.24) is 0 Å². The second-order valence-corrected chi connectivity index (χ2v) is 2.78. The summed E-state index contributed by atoms with van der Waals surface area (Å²) in [6.07, 6.45) is 8.96. The Morgan fingerprint density at radius 2 is 2.30 bits per heavy atom. The molecule has 0 spiro atoms. The van der Waals surface area contributed by atoms with Crippen molar-refractivity contribution in [2.45, 2.75) is 20.3 Å². The highest BCUT2D eigenvalue weighted by Gasteiger charge is 2.00. The third-order valence-electron chi connectivity index (χ3n) is 1.66. The van der Waals surface area contributed by atoms with Crippen molar-refractivity contribution in [2.75, 3.05) is 0 Å². The van der Waals surface area contributed by atoms with Gasteiger partial charge in [-0.3, -0.25) is 4.99 Å². The van der Waals surface area contributed by atoms with E-state index in [1.807, 2.05) is 12.4 Å². The average molecular weight is 135 g/mol. The fourth-order valence-electron chi connectivity index (χ4n) is 0.934. The number of nitrogens with zero attached hydrogens (tertiary/aromatic N) is 1. The van der Waals surface area contributed by atoms with E-state index in [0.29, 0.717) is 5.92 Å². The molecule has 0 fully saturated rings. The first-order valence-electron chi connectivity index (χ1n) is 3.68. The molecule has 54 valence electrons. The Morgan fingerprint density at radius 1 is 1.50 bits per heavy atom. The van der Waals surface area contributed by atoms with Crippen molar-refractivity contribution < 1.29 is 0 Å². The molecule has 0 bridgehead atoms. The standard InChI is InChI=1S/C9H13N/c1-8(2)9-4-3-6-10-7-5-9/h3,5-8H,4H2,1-2H3. The summed E-state index contributed by atoms with van der Waals surface area (Å²) in [7, 11) is 0. The fraction of sp³-hybridized carbons (Fsp3) is 0.444. The van der Waals surface area contributed by atoms with Crippen molar-refractivity contribution in [3.8, 4) is 0 Å². The quantitative estimate of drug-likeness (QED) is 0.524. The van der Waals surface area contributed by atoms with Gasteiger partial charge in [-0.05, 0) is 18.4 Å². The minimum absolute atomic E-state index is 0.647. The third kappa shape index (κ3) is 1.83. The summed E-state index contributed by atoms with van der Waals surface area (Å²) in [6.45, 7) is 4.41. The van der Waals surface area contributed by atoms with E-state index in [1.54, 1.807) is 0 Å². The largest absolute Gasteiger partial charge is 0.265 e. The molecule has 0 aromatic rings. The van der Waals surface area contributed by atoms with Crippen LogP contribution in [0.15, 0.2) is 28.9 Å². The van der Waals surface area contributed by atoms with Gasteiger partial charge >= 0.3 is 0 Å². The van der Waals surface area contributed by atoms with Crippen LogP contribution in [0.5, 0.6) is 0 Å². The molecule has 1 aliphatic rings. The van der Waals surface area contributed by atoms with E-state index < -0.39 is 0 Å². The van der Waals surface area contributed by atoms with Gasteiger partial charge in [0, 0.05) is 12.4 Å². The van der Waals surface area contributed by atoms with E-state index >= 15 is 0 Å². The normalized spacial score (nSPS) is 17.3. The van der Waals surface area contributed by atoms with Crippen LogP contribution in [0.2, 0.25) is 0 Å². The third-order valence-corrected chi connectivity index (χ3v) is 1.66. The summed E-state index contributed by atoms with van der Waals surface area (Å²) < 4.78 is 0. The number of rotatable bonds is 1. The van der Waals surface area contributed by atoms with Crippen molar-refractivity contribution in [3.63, 3.8) is 0 Å². The zero-order valence-corrected chi connectivity index (χ0v) is 6.54. The van der Waals surface area contributed by atoms with Crippen LogP contribution in [0.25, 0.3) is 0 Å². The Balaban J connectivity index is 2.68. The van der Waals surface area contributed by atoms with Gasteiger partial charge in [0.15, 0.2) is 0 Å². The molecule has 0 aromatic carbocycles. The molecule has 1 aliphatic heterocycles. The molecule has 1 heteroatoms. The lowest BCUT2D eigenvalue weighted by Crippen LogP contribution is -1.91. The smallest absolute Gasteiger partial charge is 0.0267 e. The Bertz CT molecular complexity index is 185. The highest BCUT2D eigenvalue weighted by molar-refractivity contribution is 5.73. The summed E-state index contributed by atoms with van der Waals surface area (Å²) in [5.74, 6) is 0.647. The van der Waals surface area contributed by atoms with Crippen LogP contribution >= 0.6 is 0 Å². The molecular formula is C9H13N. The van der Waals surface area contributed by atoms with E-state index in [2.05, 4.69) is 31.0 Å². The summed E-state index contributed by atoms with van der Waals surface area (Å²) in [5.41, 5.74) is 1.46. The van der Waals surface area contributed by atoms with E-state index in [-0.39, 0.29) is 0 Å². The van der Waals surface area contributed by atoms with Crippen LogP contribution in [0.4, 0.5) is 0 Å².